The van der Waals surface area contributed by atoms with Crippen molar-refractivity contribution in [1.82, 2.24) is 15.2 Å². The van der Waals surface area contributed by atoms with Gasteiger partial charge in [0.15, 0.2) is 5.13 Å². The molecule has 0 spiro atoms. The van der Waals surface area contributed by atoms with Gasteiger partial charge in [-0.1, -0.05) is 25.5 Å². The number of thiazole rings is 1. The maximum absolute atomic E-state index is 12.5. The quantitative estimate of drug-likeness (QED) is 0.772. The highest BCUT2D eigenvalue weighted by Gasteiger charge is 2.17. The predicted molar refractivity (Wildman–Crippen MR) is 88.5 cm³/mol. The molecule has 2 aromatic heterocycles. The summed E-state index contributed by atoms with van der Waals surface area (Å²) in [5, 5.41) is 13.2. The smallest absolute Gasteiger partial charge is 0.258 e. The Bertz CT molecular complexity index is 825. The normalized spacial score (nSPS) is 10.7. The van der Waals surface area contributed by atoms with Crippen molar-refractivity contribution in [3.8, 4) is 11.5 Å². The Morgan fingerprint density at radius 1 is 1.30 bits per heavy atom. The van der Waals surface area contributed by atoms with Crippen molar-refractivity contribution in [2.24, 2.45) is 0 Å². The zero-order chi connectivity index (χ0) is 16.2. The molecule has 0 fully saturated rings. The van der Waals surface area contributed by atoms with Crippen molar-refractivity contribution < 1.29 is 9.21 Å². The van der Waals surface area contributed by atoms with Crippen molar-refractivity contribution in [2.75, 3.05) is 5.32 Å². The second-order valence-electron chi connectivity index (χ2n) is 5.02. The number of amides is 1. The first-order valence-corrected chi connectivity index (χ1v) is 8.20. The Morgan fingerprint density at radius 3 is 2.87 bits per heavy atom. The Labute approximate surface area is 137 Å². The Kier molecular flexibility index (Phi) is 4.47. The third-order valence-corrected chi connectivity index (χ3v) is 4.01. The summed E-state index contributed by atoms with van der Waals surface area (Å²) in [5.74, 6) is 0.548. The van der Waals surface area contributed by atoms with E-state index >= 15 is 0 Å². The molecule has 3 aromatic rings. The lowest BCUT2D eigenvalue weighted by atomic mass is 10.1. The van der Waals surface area contributed by atoms with Gasteiger partial charge in [0.05, 0.1) is 16.8 Å². The maximum atomic E-state index is 12.5. The van der Waals surface area contributed by atoms with Gasteiger partial charge >= 0.3 is 0 Å². The zero-order valence-electron chi connectivity index (χ0n) is 12.9. The van der Waals surface area contributed by atoms with Gasteiger partial charge in [-0.05, 0) is 18.6 Å². The van der Waals surface area contributed by atoms with Gasteiger partial charge in [0.1, 0.15) is 0 Å². The first kappa shape index (κ1) is 15.4. The SMILES string of the molecule is CCCc1csc(NC(=O)c2ccccc2-c2nnc(C)o2)n1. The van der Waals surface area contributed by atoms with Crippen LogP contribution < -0.4 is 5.32 Å². The number of nitrogens with one attached hydrogen (secondary N) is 1. The average Bonchev–Trinajstić information content (AvgIpc) is 3.17. The molecule has 0 saturated heterocycles. The van der Waals surface area contributed by atoms with Crippen molar-refractivity contribution in [2.45, 2.75) is 26.7 Å². The number of hydrogen-bond donors (Lipinski definition) is 1. The second-order valence-corrected chi connectivity index (χ2v) is 5.88. The van der Waals surface area contributed by atoms with E-state index in [1.165, 1.54) is 11.3 Å². The van der Waals surface area contributed by atoms with Crippen molar-refractivity contribution in [1.29, 1.82) is 0 Å². The molecule has 0 aliphatic heterocycles. The van der Waals surface area contributed by atoms with Gasteiger partial charge in [0.2, 0.25) is 11.8 Å². The van der Waals surface area contributed by atoms with E-state index in [1.807, 2.05) is 11.4 Å². The molecule has 1 amide bonds. The summed E-state index contributed by atoms with van der Waals surface area (Å²) in [6.07, 6.45) is 1.93. The van der Waals surface area contributed by atoms with Crippen LogP contribution in [0.2, 0.25) is 0 Å². The van der Waals surface area contributed by atoms with Crippen LogP contribution in [0.25, 0.3) is 11.5 Å². The number of anilines is 1. The van der Waals surface area contributed by atoms with Gasteiger partial charge in [-0.15, -0.1) is 21.5 Å². The minimum atomic E-state index is -0.242. The first-order chi connectivity index (χ1) is 11.2. The van der Waals surface area contributed by atoms with Crippen LogP contribution in [0.5, 0.6) is 0 Å². The largest absolute Gasteiger partial charge is 0.421 e. The minimum absolute atomic E-state index is 0.242. The van der Waals surface area contributed by atoms with Crippen LogP contribution in [0.15, 0.2) is 34.1 Å². The van der Waals surface area contributed by atoms with E-state index in [-0.39, 0.29) is 5.91 Å². The van der Waals surface area contributed by atoms with E-state index < -0.39 is 0 Å². The number of aryl methyl sites for hydroxylation is 2. The summed E-state index contributed by atoms with van der Waals surface area (Å²) < 4.78 is 5.43. The molecule has 6 nitrogen and oxygen atoms in total. The summed E-state index contributed by atoms with van der Waals surface area (Å²) in [6, 6.07) is 7.14. The van der Waals surface area contributed by atoms with E-state index in [0.717, 1.165) is 18.5 Å². The first-order valence-electron chi connectivity index (χ1n) is 7.32. The molecule has 1 N–H and O–H groups in total. The van der Waals surface area contributed by atoms with Crippen LogP contribution in [-0.2, 0) is 6.42 Å². The molecule has 1 aromatic carbocycles. The van der Waals surface area contributed by atoms with E-state index in [1.54, 1.807) is 25.1 Å². The van der Waals surface area contributed by atoms with Gasteiger partial charge in [-0.2, -0.15) is 0 Å². The zero-order valence-corrected chi connectivity index (χ0v) is 13.7. The molecule has 23 heavy (non-hydrogen) atoms. The van der Waals surface area contributed by atoms with Crippen LogP contribution in [0.4, 0.5) is 5.13 Å². The summed E-state index contributed by atoms with van der Waals surface area (Å²) in [6.45, 7) is 3.81. The highest BCUT2D eigenvalue weighted by molar-refractivity contribution is 7.14. The molecule has 0 unspecified atom stereocenters. The average molecular weight is 328 g/mol. The molecule has 0 atom stereocenters. The van der Waals surface area contributed by atoms with Crippen LogP contribution in [0, 0.1) is 6.92 Å². The van der Waals surface area contributed by atoms with E-state index in [9.17, 15) is 4.79 Å². The van der Waals surface area contributed by atoms with Gasteiger partial charge < -0.3 is 4.42 Å². The lowest BCUT2D eigenvalue weighted by Gasteiger charge is -2.05. The minimum Gasteiger partial charge on any atom is -0.421 e. The summed E-state index contributed by atoms with van der Waals surface area (Å²) >= 11 is 1.42. The molecule has 3 rings (SSSR count). The lowest BCUT2D eigenvalue weighted by molar-refractivity contribution is 0.102. The van der Waals surface area contributed by atoms with Gasteiger partial charge in [0.25, 0.3) is 5.91 Å². The van der Waals surface area contributed by atoms with Crippen molar-refractivity contribution in [3.63, 3.8) is 0 Å². The lowest BCUT2D eigenvalue weighted by Crippen LogP contribution is -2.13. The van der Waals surface area contributed by atoms with Crippen LogP contribution >= 0.6 is 11.3 Å². The fourth-order valence-corrected chi connectivity index (χ4v) is 2.91. The molecule has 0 aliphatic rings. The van der Waals surface area contributed by atoms with Gasteiger partial charge in [-0.3, -0.25) is 10.1 Å². The molecule has 118 valence electrons. The third kappa shape index (κ3) is 3.45. The van der Waals surface area contributed by atoms with Crippen LogP contribution in [0.1, 0.15) is 35.3 Å². The molecule has 7 heteroatoms. The second kappa shape index (κ2) is 6.70. The molecular weight excluding hydrogens is 312 g/mol. The fraction of sp³-hybridized carbons (Fsp3) is 0.250. The standard InChI is InChI=1S/C16H16N4O2S/c1-3-6-11-9-23-16(17-11)18-14(21)12-7-4-5-8-13(12)15-20-19-10(2)22-15/h4-5,7-9H,3,6H2,1-2H3,(H,17,18,21). The van der Waals surface area contributed by atoms with Crippen molar-refractivity contribution >= 4 is 22.4 Å². The Balaban J connectivity index is 1.84. The number of benzene rings is 1. The molecule has 0 radical (unpaired) electrons. The number of rotatable bonds is 5. The number of hydrogen-bond acceptors (Lipinski definition) is 6. The topological polar surface area (TPSA) is 80.9 Å². The molecular formula is C16H16N4O2S. The van der Waals surface area contributed by atoms with E-state index in [4.69, 9.17) is 4.42 Å². The molecule has 2 heterocycles. The van der Waals surface area contributed by atoms with Crippen molar-refractivity contribution in [3.05, 3.63) is 46.8 Å². The monoisotopic (exact) mass is 328 g/mol. The maximum Gasteiger partial charge on any atom is 0.258 e. The molecule has 0 aliphatic carbocycles. The summed E-state index contributed by atoms with van der Waals surface area (Å²) in [7, 11) is 0. The molecule has 0 bridgehead atoms. The van der Waals surface area contributed by atoms with Gasteiger partial charge in [-0.25, -0.2) is 4.98 Å². The van der Waals surface area contributed by atoms with Gasteiger partial charge in [0, 0.05) is 12.3 Å². The van der Waals surface area contributed by atoms with Crippen LogP contribution in [-0.4, -0.2) is 21.1 Å². The third-order valence-electron chi connectivity index (χ3n) is 3.21. The van der Waals surface area contributed by atoms with E-state index in [0.29, 0.717) is 28.0 Å². The Morgan fingerprint density at radius 2 is 2.13 bits per heavy atom. The number of aromatic nitrogens is 3. The number of carbonyl (C=O) groups excluding carboxylic acids is 1. The number of nitrogens with zero attached hydrogens (tertiary/aromatic N) is 3. The van der Waals surface area contributed by atoms with Crippen LogP contribution in [0.3, 0.4) is 0 Å². The molecule has 0 saturated carbocycles. The highest BCUT2D eigenvalue weighted by atomic mass is 32.1. The van der Waals surface area contributed by atoms with E-state index in [2.05, 4.69) is 27.4 Å². The Hall–Kier alpha value is -2.54. The fourth-order valence-electron chi connectivity index (χ4n) is 2.17. The summed E-state index contributed by atoms with van der Waals surface area (Å²) in [5.41, 5.74) is 2.08. The predicted octanol–water partition coefficient (Wildman–Crippen LogP) is 3.71. The highest BCUT2D eigenvalue weighted by Crippen LogP contribution is 2.24. The summed E-state index contributed by atoms with van der Waals surface area (Å²) in [4.78, 5) is 17.0. The number of carbonyl (C=O) groups is 1.